The minimum Gasteiger partial charge on any atom is -0.438 e. The Morgan fingerprint density at radius 1 is 1.29 bits per heavy atom. The highest BCUT2D eigenvalue weighted by atomic mass is 35.5. The van der Waals surface area contributed by atoms with Crippen LogP contribution in [0.15, 0.2) is 36.5 Å². The summed E-state index contributed by atoms with van der Waals surface area (Å²) >= 11 is 11.8. The Hall–Kier alpha value is -1.25. The quantitative estimate of drug-likeness (QED) is 0.760. The van der Waals surface area contributed by atoms with E-state index in [1.54, 1.807) is 12.3 Å². The molecule has 4 heteroatoms. The van der Waals surface area contributed by atoms with E-state index in [4.69, 9.17) is 27.9 Å². The molecular weight excluding hydrogens is 257 g/mol. The van der Waals surface area contributed by atoms with Gasteiger partial charge in [0.2, 0.25) is 5.88 Å². The van der Waals surface area contributed by atoms with Gasteiger partial charge in [-0.25, -0.2) is 4.98 Å². The third-order valence-electron chi connectivity index (χ3n) is 2.35. The summed E-state index contributed by atoms with van der Waals surface area (Å²) in [6, 6.07) is 9.21. The van der Waals surface area contributed by atoms with E-state index in [1.807, 2.05) is 31.2 Å². The van der Waals surface area contributed by atoms with Gasteiger partial charge in [0.25, 0.3) is 0 Å². The van der Waals surface area contributed by atoms with E-state index >= 15 is 0 Å². The van der Waals surface area contributed by atoms with Gasteiger partial charge >= 0.3 is 0 Å². The number of aromatic nitrogens is 1. The number of hydrogen-bond acceptors (Lipinski definition) is 2. The van der Waals surface area contributed by atoms with Crippen LogP contribution in [0.4, 0.5) is 0 Å². The first-order valence-corrected chi connectivity index (χ1v) is 6.06. The fraction of sp³-hybridized carbons (Fsp3) is 0.154. The van der Waals surface area contributed by atoms with Crippen LogP contribution < -0.4 is 4.74 Å². The van der Waals surface area contributed by atoms with Gasteiger partial charge < -0.3 is 4.74 Å². The van der Waals surface area contributed by atoms with E-state index < -0.39 is 0 Å². The number of aryl methyl sites for hydroxylation is 1. The summed E-state index contributed by atoms with van der Waals surface area (Å²) in [7, 11) is 0. The first-order valence-electron chi connectivity index (χ1n) is 5.14. The van der Waals surface area contributed by atoms with Crippen LogP contribution in [-0.4, -0.2) is 4.98 Å². The summed E-state index contributed by atoms with van der Waals surface area (Å²) < 4.78 is 5.73. The fourth-order valence-electron chi connectivity index (χ4n) is 1.41. The molecule has 0 N–H and O–H groups in total. The van der Waals surface area contributed by atoms with Gasteiger partial charge in [0.1, 0.15) is 5.75 Å². The molecular formula is C13H11Cl2NO. The largest absolute Gasteiger partial charge is 0.438 e. The molecule has 1 heterocycles. The van der Waals surface area contributed by atoms with Crippen LogP contribution in [0, 0.1) is 6.92 Å². The Labute approximate surface area is 110 Å². The molecule has 0 radical (unpaired) electrons. The summed E-state index contributed by atoms with van der Waals surface area (Å²) in [5, 5.41) is 0.633. The van der Waals surface area contributed by atoms with Gasteiger partial charge in [-0.3, -0.25) is 0 Å². The smallest absolute Gasteiger partial charge is 0.223 e. The van der Waals surface area contributed by atoms with Crippen molar-refractivity contribution >= 4 is 23.2 Å². The van der Waals surface area contributed by atoms with Gasteiger partial charge in [0.15, 0.2) is 0 Å². The normalized spacial score (nSPS) is 10.3. The molecule has 0 aliphatic heterocycles. The molecule has 0 fully saturated rings. The Morgan fingerprint density at radius 3 is 2.88 bits per heavy atom. The molecule has 0 saturated heterocycles. The number of ether oxygens (including phenoxy) is 1. The Kier molecular flexibility index (Phi) is 3.87. The van der Waals surface area contributed by atoms with Crippen molar-refractivity contribution in [2.24, 2.45) is 0 Å². The van der Waals surface area contributed by atoms with Gasteiger partial charge in [-0.2, -0.15) is 0 Å². The third-order valence-corrected chi connectivity index (χ3v) is 2.87. The van der Waals surface area contributed by atoms with Crippen molar-refractivity contribution in [2.75, 3.05) is 0 Å². The number of benzene rings is 1. The van der Waals surface area contributed by atoms with Crippen LogP contribution in [0.2, 0.25) is 5.02 Å². The molecule has 0 atom stereocenters. The van der Waals surface area contributed by atoms with Crippen LogP contribution in [0.25, 0.3) is 0 Å². The van der Waals surface area contributed by atoms with Crippen molar-refractivity contribution in [3.63, 3.8) is 0 Å². The van der Waals surface area contributed by atoms with Gasteiger partial charge in [-0.05, 0) is 30.7 Å². The number of alkyl halides is 1. The Morgan fingerprint density at radius 2 is 2.12 bits per heavy atom. The van der Waals surface area contributed by atoms with E-state index in [-0.39, 0.29) is 0 Å². The van der Waals surface area contributed by atoms with Crippen molar-refractivity contribution in [3.05, 3.63) is 52.7 Å². The maximum absolute atomic E-state index is 5.93. The summed E-state index contributed by atoms with van der Waals surface area (Å²) in [6.07, 6.45) is 1.67. The van der Waals surface area contributed by atoms with E-state index in [9.17, 15) is 0 Å². The predicted octanol–water partition coefficient (Wildman–Crippen LogP) is 4.57. The molecule has 2 nitrogen and oxygen atoms in total. The highest BCUT2D eigenvalue weighted by molar-refractivity contribution is 6.30. The molecule has 0 aliphatic rings. The first-order chi connectivity index (χ1) is 8.20. The molecule has 1 aromatic carbocycles. The number of nitrogens with zero attached hydrogens (tertiary/aromatic N) is 1. The SMILES string of the molecule is Cc1ccc(Cl)cc1Oc1ncccc1CCl. The van der Waals surface area contributed by atoms with Crippen LogP contribution in [0.1, 0.15) is 11.1 Å². The minimum atomic E-state index is 0.364. The lowest BCUT2D eigenvalue weighted by Crippen LogP contribution is -1.94. The molecule has 17 heavy (non-hydrogen) atoms. The second-order valence-electron chi connectivity index (χ2n) is 3.61. The number of hydrogen-bond donors (Lipinski definition) is 0. The number of pyridine rings is 1. The Bertz CT molecular complexity index is 529. The van der Waals surface area contributed by atoms with E-state index in [2.05, 4.69) is 4.98 Å². The summed E-state index contributed by atoms with van der Waals surface area (Å²) in [5.41, 5.74) is 1.86. The molecule has 1 aromatic heterocycles. The van der Waals surface area contributed by atoms with Gasteiger partial charge in [0, 0.05) is 16.8 Å². The second-order valence-corrected chi connectivity index (χ2v) is 4.32. The van der Waals surface area contributed by atoms with E-state index in [0.29, 0.717) is 22.5 Å². The van der Waals surface area contributed by atoms with Crippen molar-refractivity contribution in [1.82, 2.24) is 4.98 Å². The average molecular weight is 268 g/mol. The average Bonchev–Trinajstić information content (AvgIpc) is 2.34. The van der Waals surface area contributed by atoms with Crippen molar-refractivity contribution in [2.45, 2.75) is 12.8 Å². The van der Waals surface area contributed by atoms with E-state index in [1.165, 1.54) is 0 Å². The summed E-state index contributed by atoms with van der Waals surface area (Å²) in [5.74, 6) is 1.58. The monoisotopic (exact) mass is 267 g/mol. The standard InChI is InChI=1S/C13H11Cl2NO/c1-9-4-5-11(15)7-12(9)17-13-10(8-14)3-2-6-16-13/h2-7H,8H2,1H3. The van der Waals surface area contributed by atoms with Gasteiger partial charge in [-0.1, -0.05) is 23.7 Å². The van der Waals surface area contributed by atoms with Gasteiger partial charge in [0.05, 0.1) is 5.88 Å². The Balaban J connectivity index is 2.34. The molecule has 2 aromatic rings. The second kappa shape index (κ2) is 5.39. The molecule has 0 unspecified atom stereocenters. The lowest BCUT2D eigenvalue weighted by Gasteiger charge is -2.10. The first kappa shape index (κ1) is 12.2. The lowest BCUT2D eigenvalue weighted by molar-refractivity contribution is 0.455. The molecule has 88 valence electrons. The van der Waals surface area contributed by atoms with Gasteiger partial charge in [-0.15, -0.1) is 11.6 Å². The number of halogens is 2. The minimum absolute atomic E-state index is 0.364. The molecule has 2 rings (SSSR count). The van der Waals surface area contributed by atoms with Crippen molar-refractivity contribution in [3.8, 4) is 11.6 Å². The summed E-state index contributed by atoms with van der Waals surface area (Å²) in [4.78, 5) is 4.17. The summed E-state index contributed by atoms with van der Waals surface area (Å²) in [6.45, 7) is 1.95. The third kappa shape index (κ3) is 2.90. The topological polar surface area (TPSA) is 22.1 Å². The molecule has 0 bridgehead atoms. The maximum atomic E-state index is 5.93. The predicted molar refractivity (Wildman–Crippen MR) is 70.1 cm³/mol. The molecule has 0 aliphatic carbocycles. The highest BCUT2D eigenvalue weighted by Gasteiger charge is 2.07. The zero-order valence-electron chi connectivity index (χ0n) is 9.28. The maximum Gasteiger partial charge on any atom is 0.223 e. The van der Waals surface area contributed by atoms with Crippen molar-refractivity contribution < 1.29 is 4.74 Å². The van der Waals surface area contributed by atoms with Crippen LogP contribution >= 0.6 is 23.2 Å². The van der Waals surface area contributed by atoms with Crippen molar-refractivity contribution in [1.29, 1.82) is 0 Å². The fourth-order valence-corrected chi connectivity index (χ4v) is 1.77. The molecule has 0 saturated carbocycles. The molecule has 0 amide bonds. The van der Waals surface area contributed by atoms with Crippen LogP contribution in [-0.2, 0) is 5.88 Å². The molecule has 0 spiro atoms. The highest BCUT2D eigenvalue weighted by Crippen LogP contribution is 2.29. The number of rotatable bonds is 3. The van der Waals surface area contributed by atoms with Crippen LogP contribution in [0.5, 0.6) is 11.6 Å². The zero-order chi connectivity index (χ0) is 12.3. The zero-order valence-corrected chi connectivity index (χ0v) is 10.8. The lowest BCUT2D eigenvalue weighted by atomic mass is 10.2. The van der Waals surface area contributed by atoms with E-state index in [0.717, 1.165) is 11.1 Å². The van der Waals surface area contributed by atoms with Crippen LogP contribution in [0.3, 0.4) is 0 Å².